The summed E-state index contributed by atoms with van der Waals surface area (Å²) in [7, 11) is 0. The zero-order valence-electron chi connectivity index (χ0n) is 20.9. The Morgan fingerprint density at radius 2 is 1.71 bits per heavy atom. The van der Waals surface area contributed by atoms with Crippen LogP contribution >= 0.6 is 0 Å². The van der Waals surface area contributed by atoms with E-state index in [1.54, 1.807) is 6.92 Å². The molecule has 0 saturated heterocycles. The minimum absolute atomic E-state index is 0.141. The van der Waals surface area contributed by atoms with Crippen LogP contribution in [-0.2, 0) is 17.8 Å². The van der Waals surface area contributed by atoms with Crippen LogP contribution in [0.3, 0.4) is 0 Å². The first-order valence-corrected chi connectivity index (χ1v) is 13.3. The first kappa shape index (κ1) is 23.1. The smallest absolute Gasteiger partial charge is 0.219 e. The lowest BCUT2D eigenvalue weighted by atomic mass is 9.94. The van der Waals surface area contributed by atoms with Gasteiger partial charge in [-0.1, -0.05) is 69.6 Å². The second kappa shape index (κ2) is 10.3. The average molecular weight is 459 g/mol. The van der Waals surface area contributed by atoms with Gasteiger partial charge in [-0.2, -0.15) is 5.10 Å². The molecule has 1 aromatic carbocycles. The van der Waals surface area contributed by atoms with Crippen molar-refractivity contribution in [3.63, 3.8) is 0 Å². The lowest BCUT2D eigenvalue weighted by molar-refractivity contribution is -0.129. The van der Waals surface area contributed by atoms with Crippen LogP contribution in [0.1, 0.15) is 94.1 Å². The van der Waals surface area contributed by atoms with Crippen molar-refractivity contribution in [2.24, 2.45) is 0 Å². The van der Waals surface area contributed by atoms with E-state index in [0.29, 0.717) is 12.6 Å². The molecule has 1 aliphatic heterocycles. The molecule has 3 aliphatic rings. The molecule has 0 unspecified atom stereocenters. The van der Waals surface area contributed by atoms with Gasteiger partial charge in [0.1, 0.15) is 0 Å². The highest BCUT2D eigenvalue weighted by Crippen LogP contribution is 2.38. The summed E-state index contributed by atoms with van der Waals surface area (Å²) in [6, 6.07) is 9.02. The Balaban J connectivity index is 0.000000429. The van der Waals surface area contributed by atoms with E-state index in [1.807, 2.05) is 18.0 Å². The third-order valence-electron chi connectivity index (χ3n) is 7.86. The fourth-order valence-electron chi connectivity index (χ4n) is 5.93. The first-order valence-electron chi connectivity index (χ1n) is 13.3. The standard InChI is InChI=1S/C24H28N4O.C5H10/c1-16-13-18-7-6-10-20(21(18)14-25-16)24-22-15-27(17(2)29)12-11-23(22)28(26-24)19-8-4-3-5-9-19;1-2-4-5-3-1/h6-7,10,13-14,19H,3-5,8-9,11-12,15H2,1-2H3;1-5H2. The normalized spacial score (nSPS) is 18.5. The highest BCUT2D eigenvalue weighted by atomic mass is 16.2. The summed E-state index contributed by atoms with van der Waals surface area (Å²) < 4.78 is 2.32. The third-order valence-corrected chi connectivity index (χ3v) is 7.86. The largest absolute Gasteiger partial charge is 0.338 e. The molecule has 3 aromatic rings. The van der Waals surface area contributed by atoms with Crippen molar-refractivity contribution in [1.82, 2.24) is 19.7 Å². The van der Waals surface area contributed by atoms with Crippen molar-refractivity contribution in [2.45, 2.75) is 97.1 Å². The predicted octanol–water partition coefficient (Wildman–Crippen LogP) is 6.77. The minimum Gasteiger partial charge on any atom is -0.338 e. The summed E-state index contributed by atoms with van der Waals surface area (Å²) in [5.41, 5.74) is 5.75. The number of rotatable bonds is 2. The Bertz CT molecular complexity index is 1150. The molecule has 1 amide bonds. The molecule has 34 heavy (non-hydrogen) atoms. The van der Waals surface area contributed by atoms with Gasteiger partial charge in [-0.05, 0) is 31.2 Å². The van der Waals surface area contributed by atoms with Crippen LogP contribution in [-0.4, -0.2) is 32.1 Å². The topological polar surface area (TPSA) is 51.0 Å². The van der Waals surface area contributed by atoms with Crippen molar-refractivity contribution >= 4 is 16.7 Å². The van der Waals surface area contributed by atoms with Crippen molar-refractivity contribution < 1.29 is 4.79 Å². The van der Waals surface area contributed by atoms with Gasteiger partial charge in [0.05, 0.1) is 11.7 Å². The maximum atomic E-state index is 12.1. The number of pyridine rings is 1. The number of aromatic nitrogens is 3. The zero-order chi connectivity index (χ0) is 23.5. The molecule has 5 nitrogen and oxygen atoms in total. The van der Waals surface area contributed by atoms with E-state index in [0.717, 1.165) is 35.3 Å². The molecule has 0 spiro atoms. The molecule has 0 radical (unpaired) electrons. The van der Waals surface area contributed by atoms with E-state index in [1.165, 1.54) is 80.9 Å². The minimum atomic E-state index is 0.141. The Kier molecular flexibility index (Phi) is 6.98. The summed E-state index contributed by atoms with van der Waals surface area (Å²) >= 11 is 0. The molecule has 180 valence electrons. The average Bonchev–Trinajstić information content (AvgIpc) is 3.56. The van der Waals surface area contributed by atoms with Crippen LogP contribution in [0.5, 0.6) is 0 Å². The number of hydrogen-bond donors (Lipinski definition) is 0. The van der Waals surface area contributed by atoms with Gasteiger partial charge in [0.15, 0.2) is 0 Å². The van der Waals surface area contributed by atoms with E-state index >= 15 is 0 Å². The summed E-state index contributed by atoms with van der Waals surface area (Å²) in [6.07, 6.45) is 16.7. The van der Waals surface area contributed by atoms with Crippen molar-refractivity contribution in [3.8, 4) is 11.3 Å². The number of carbonyl (C=O) groups is 1. The lowest BCUT2D eigenvalue weighted by Crippen LogP contribution is -2.35. The van der Waals surface area contributed by atoms with Crippen LogP contribution in [0, 0.1) is 6.92 Å². The predicted molar refractivity (Wildman–Crippen MR) is 138 cm³/mol. The van der Waals surface area contributed by atoms with Crippen molar-refractivity contribution in [1.29, 1.82) is 0 Å². The molecule has 6 rings (SSSR count). The lowest BCUT2D eigenvalue weighted by Gasteiger charge is -2.29. The van der Waals surface area contributed by atoms with Crippen molar-refractivity contribution in [3.05, 3.63) is 47.4 Å². The van der Waals surface area contributed by atoms with Gasteiger partial charge < -0.3 is 4.90 Å². The summed E-state index contributed by atoms with van der Waals surface area (Å²) in [4.78, 5) is 18.6. The molecule has 0 bridgehead atoms. The second-order valence-electron chi connectivity index (χ2n) is 10.3. The van der Waals surface area contributed by atoms with Crippen molar-refractivity contribution in [2.75, 3.05) is 6.54 Å². The number of carbonyl (C=O) groups excluding carboxylic acids is 1. The van der Waals surface area contributed by atoms with Gasteiger partial charge in [0, 0.05) is 60.5 Å². The SMILES string of the molecule is C1CCCC1.CC(=O)N1CCc2c(c(-c3cccc4cc(C)ncc34)nn2C2CCCCC2)C1. The van der Waals surface area contributed by atoms with Gasteiger partial charge >= 0.3 is 0 Å². The Morgan fingerprint density at radius 3 is 2.41 bits per heavy atom. The third kappa shape index (κ3) is 4.75. The first-order chi connectivity index (χ1) is 16.6. The fourth-order valence-corrected chi connectivity index (χ4v) is 5.93. The highest BCUT2D eigenvalue weighted by molar-refractivity contribution is 5.96. The quantitative estimate of drug-likeness (QED) is 0.426. The van der Waals surface area contributed by atoms with Gasteiger partial charge in [0.25, 0.3) is 0 Å². The molecule has 2 fully saturated rings. The second-order valence-corrected chi connectivity index (χ2v) is 10.3. The van der Waals surface area contributed by atoms with Crippen LogP contribution in [0.25, 0.3) is 22.0 Å². The molecular weight excluding hydrogens is 420 g/mol. The Labute approximate surface area is 203 Å². The molecule has 3 heterocycles. The molecule has 0 N–H and O–H groups in total. The fraction of sp³-hybridized carbons (Fsp3) is 0.552. The van der Waals surface area contributed by atoms with E-state index in [-0.39, 0.29) is 5.91 Å². The van der Waals surface area contributed by atoms with E-state index < -0.39 is 0 Å². The highest BCUT2D eigenvalue weighted by Gasteiger charge is 2.30. The maximum Gasteiger partial charge on any atom is 0.219 e. The molecular formula is C29H38N4O. The van der Waals surface area contributed by atoms with E-state index in [4.69, 9.17) is 5.10 Å². The molecule has 0 atom stereocenters. The van der Waals surface area contributed by atoms with Crippen LogP contribution in [0.15, 0.2) is 30.5 Å². The monoisotopic (exact) mass is 458 g/mol. The molecule has 2 aliphatic carbocycles. The van der Waals surface area contributed by atoms with Crippen LogP contribution < -0.4 is 0 Å². The van der Waals surface area contributed by atoms with E-state index in [9.17, 15) is 4.79 Å². The van der Waals surface area contributed by atoms with Gasteiger partial charge in [-0.15, -0.1) is 0 Å². The molecule has 2 saturated carbocycles. The number of fused-ring (bicyclic) bond motifs is 2. The summed E-state index contributed by atoms with van der Waals surface area (Å²) in [5.74, 6) is 0.141. The summed E-state index contributed by atoms with van der Waals surface area (Å²) in [5, 5.41) is 7.53. The Hall–Kier alpha value is -2.69. The number of hydrogen-bond acceptors (Lipinski definition) is 3. The number of aryl methyl sites for hydroxylation is 1. The maximum absolute atomic E-state index is 12.1. The summed E-state index contributed by atoms with van der Waals surface area (Å²) in [6.45, 7) is 5.14. The van der Waals surface area contributed by atoms with E-state index in [2.05, 4.69) is 33.9 Å². The number of benzene rings is 1. The van der Waals surface area contributed by atoms with Crippen LogP contribution in [0.4, 0.5) is 0 Å². The van der Waals surface area contributed by atoms with Gasteiger partial charge in [-0.3, -0.25) is 14.5 Å². The van der Waals surface area contributed by atoms with Gasteiger partial charge in [0.2, 0.25) is 5.91 Å². The molecule has 5 heteroatoms. The molecule has 2 aromatic heterocycles. The van der Waals surface area contributed by atoms with Gasteiger partial charge in [-0.25, -0.2) is 0 Å². The zero-order valence-corrected chi connectivity index (χ0v) is 20.9. The Morgan fingerprint density at radius 1 is 1.00 bits per heavy atom. The number of nitrogens with zero attached hydrogens (tertiary/aromatic N) is 4. The van der Waals surface area contributed by atoms with Crippen LogP contribution in [0.2, 0.25) is 0 Å². The number of amides is 1.